The summed E-state index contributed by atoms with van der Waals surface area (Å²) in [4.78, 5) is 19.6. The first-order valence-corrected chi connectivity index (χ1v) is 7.73. The number of nitrogens with one attached hydrogen (secondary N) is 1. The van der Waals surface area contributed by atoms with E-state index in [1.165, 1.54) is 17.4 Å². The summed E-state index contributed by atoms with van der Waals surface area (Å²) in [6.07, 6.45) is 0. The number of thiophene rings is 1. The highest BCUT2D eigenvalue weighted by Gasteiger charge is 2.13. The maximum atomic E-state index is 11.5. The number of hydrogen-bond acceptors (Lipinski definition) is 4. The van der Waals surface area contributed by atoms with E-state index in [1.54, 1.807) is 0 Å². The van der Waals surface area contributed by atoms with Crippen molar-refractivity contribution in [3.63, 3.8) is 0 Å². The van der Waals surface area contributed by atoms with Gasteiger partial charge in [0.25, 0.3) is 5.56 Å². The number of pyridine rings is 2. The third-order valence-corrected chi connectivity index (χ3v) is 4.91. The average Bonchev–Trinajstić information content (AvgIpc) is 2.86. The topological polar surface area (TPSA) is 66.0 Å². The van der Waals surface area contributed by atoms with Gasteiger partial charge in [-0.05, 0) is 18.2 Å². The monoisotopic (exact) mass is 328 g/mol. The smallest absolute Gasteiger partial charge is 0.252 e. The van der Waals surface area contributed by atoms with Crippen LogP contribution in [0.15, 0.2) is 47.3 Å². The van der Waals surface area contributed by atoms with Crippen LogP contribution in [0.25, 0.3) is 31.7 Å². The van der Waals surface area contributed by atoms with Gasteiger partial charge in [-0.1, -0.05) is 29.8 Å². The number of rotatable bonds is 1. The lowest BCUT2D eigenvalue weighted by Gasteiger charge is -2.03. The number of benzene rings is 1. The number of halogens is 1. The molecule has 0 spiro atoms. The highest BCUT2D eigenvalue weighted by atomic mass is 35.5. The molecule has 0 unspecified atom stereocenters. The van der Waals surface area contributed by atoms with Gasteiger partial charge in [-0.25, -0.2) is 4.98 Å². The van der Waals surface area contributed by atoms with Crippen molar-refractivity contribution in [1.82, 2.24) is 9.97 Å². The molecule has 0 aliphatic rings. The number of H-pyrrole nitrogens is 1. The van der Waals surface area contributed by atoms with Gasteiger partial charge in [0, 0.05) is 22.0 Å². The Morgan fingerprint density at radius 2 is 2.00 bits per heavy atom. The largest absolute Gasteiger partial charge is 0.506 e. The molecule has 0 radical (unpaired) electrons. The minimum atomic E-state index is -0.333. The second kappa shape index (κ2) is 4.83. The molecule has 0 saturated heterocycles. The summed E-state index contributed by atoms with van der Waals surface area (Å²) < 4.78 is 0.624. The van der Waals surface area contributed by atoms with Gasteiger partial charge in [-0.15, -0.1) is 11.3 Å². The van der Waals surface area contributed by atoms with Crippen LogP contribution in [0.2, 0.25) is 5.02 Å². The molecular formula is C16H9ClN2O2S. The third-order valence-electron chi connectivity index (χ3n) is 3.45. The van der Waals surface area contributed by atoms with Gasteiger partial charge < -0.3 is 10.1 Å². The second-order valence-corrected chi connectivity index (χ2v) is 6.26. The lowest BCUT2D eigenvalue weighted by molar-refractivity contribution is 0.481. The molecule has 6 heteroatoms. The van der Waals surface area contributed by atoms with E-state index in [9.17, 15) is 9.90 Å². The van der Waals surface area contributed by atoms with Crippen molar-refractivity contribution in [3.8, 4) is 17.0 Å². The number of fused-ring (bicyclic) bond motifs is 3. The second-order valence-electron chi connectivity index (χ2n) is 4.85. The van der Waals surface area contributed by atoms with Crippen molar-refractivity contribution >= 4 is 43.4 Å². The first-order chi connectivity index (χ1) is 10.6. The fourth-order valence-electron chi connectivity index (χ4n) is 2.45. The third kappa shape index (κ3) is 1.98. The normalized spacial score (nSPS) is 11.3. The van der Waals surface area contributed by atoms with E-state index in [-0.39, 0.29) is 11.3 Å². The SMILES string of the molecule is O=c1cc(O)c2sc3nc(-c4ccccc4Cl)ccc3c2[nH]1. The van der Waals surface area contributed by atoms with E-state index in [2.05, 4.69) is 9.97 Å². The molecule has 3 aromatic heterocycles. The summed E-state index contributed by atoms with van der Waals surface area (Å²) >= 11 is 7.55. The van der Waals surface area contributed by atoms with Crippen molar-refractivity contribution in [3.05, 3.63) is 57.8 Å². The van der Waals surface area contributed by atoms with Crippen LogP contribution in [-0.4, -0.2) is 15.1 Å². The molecule has 3 heterocycles. The first-order valence-electron chi connectivity index (χ1n) is 6.54. The van der Waals surface area contributed by atoms with Gasteiger partial charge in [0.05, 0.1) is 15.9 Å². The summed E-state index contributed by atoms with van der Waals surface area (Å²) in [7, 11) is 0. The molecule has 4 rings (SSSR count). The van der Waals surface area contributed by atoms with Gasteiger partial charge in [0.15, 0.2) is 0 Å². The van der Waals surface area contributed by atoms with Crippen molar-refractivity contribution in [2.45, 2.75) is 0 Å². The summed E-state index contributed by atoms with van der Waals surface area (Å²) in [5.74, 6) is -0.0268. The van der Waals surface area contributed by atoms with Crippen LogP contribution in [0.3, 0.4) is 0 Å². The number of aromatic nitrogens is 2. The molecule has 1 aromatic carbocycles. The van der Waals surface area contributed by atoms with Crippen LogP contribution in [0.1, 0.15) is 0 Å². The molecule has 2 N–H and O–H groups in total. The molecule has 0 aliphatic heterocycles. The maximum absolute atomic E-state index is 11.5. The van der Waals surface area contributed by atoms with Crippen molar-refractivity contribution in [2.75, 3.05) is 0 Å². The zero-order valence-corrected chi connectivity index (χ0v) is 12.7. The Hall–Kier alpha value is -2.37. The Kier molecular flexibility index (Phi) is 2.92. The van der Waals surface area contributed by atoms with Crippen LogP contribution in [0.4, 0.5) is 0 Å². The van der Waals surface area contributed by atoms with E-state index in [0.717, 1.165) is 21.5 Å². The Labute approximate surface area is 133 Å². The standard InChI is InChI=1S/C16H9ClN2O2S/c17-10-4-2-1-3-8(10)11-6-5-9-14-15(22-16(9)18-11)12(20)7-13(21)19-14/h1-7H,(H2,19,20,21). The fraction of sp³-hybridized carbons (Fsp3) is 0. The van der Waals surface area contributed by atoms with Gasteiger partial charge in [-0.3, -0.25) is 4.79 Å². The summed E-state index contributed by atoms with van der Waals surface area (Å²) in [5.41, 5.74) is 1.89. The highest BCUT2D eigenvalue weighted by Crippen LogP contribution is 2.37. The van der Waals surface area contributed by atoms with Crippen molar-refractivity contribution in [2.24, 2.45) is 0 Å². The van der Waals surface area contributed by atoms with Gasteiger partial charge >= 0.3 is 0 Å². The average molecular weight is 329 g/mol. The number of hydrogen-bond donors (Lipinski definition) is 2. The van der Waals surface area contributed by atoms with Crippen LogP contribution in [0, 0.1) is 0 Å². The minimum Gasteiger partial charge on any atom is -0.506 e. The summed E-state index contributed by atoms with van der Waals surface area (Å²) in [5, 5.41) is 11.4. The predicted molar refractivity (Wildman–Crippen MR) is 89.9 cm³/mol. The molecule has 0 atom stereocenters. The minimum absolute atomic E-state index is 0.0268. The van der Waals surface area contributed by atoms with Gasteiger partial charge in [0.2, 0.25) is 0 Å². The zero-order chi connectivity index (χ0) is 15.3. The highest BCUT2D eigenvalue weighted by molar-refractivity contribution is 7.25. The molecule has 108 valence electrons. The van der Waals surface area contributed by atoms with Crippen LogP contribution in [0.5, 0.6) is 5.75 Å². The molecule has 0 fully saturated rings. The number of aromatic amines is 1. The molecule has 4 aromatic rings. The molecule has 0 amide bonds. The molecule has 0 aliphatic carbocycles. The number of aromatic hydroxyl groups is 1. The molecule has 22 heavy (non-hydrogen) atoms. The van der Waals surface area contributed by atoms with Crippen LogP contribution >= 0.6 is 22.9 Å². The van der Waals surface area contributed by atoms with Crippen molar-refractivity contribution < 1.29 is 5.11 Å². The van der Waals surface area contributed by atoms with Gasteiger partial charge in [0.1, 0.15) is 10.6 Å². The van der Waals surface area contributed by atoms with E-state index in [4.69, 9.17) is 11.6 Å². The van der Waals surface area contributed by atoms with E-state index in [1.807, 2.05) is 36.4 Å². The lowest BCUT2D eigenvalue weighted by atomic mass is 10.1. The Morgan fingerprint density at radius 3 is 2.82 bits per heavy atom. The van der Waals surface area contributed by atoms with E-state index >= 15 is 0 Å². The molecular weight excluding hydrogens is 320 g/mol. The van der Waals surface area contributed by atoms with E-state index in [0.29, 0.717) is 15.2 Å². The molecule has 0 bridgehead atoms. The number of nitrogens with zero attached hydrogens (tertiary/aromatic N) is 1. The molecule has 0 saturated carbocycles. The van der Waals surface area contributed by atoms with Crippen molar-refractivity contribution in [1.29, 1.82) is 0 Å². The van der Waals surface area contributed by atoms with Crippen LogP contribution < -0.4 is 5.56 Å². The predicted octanol–water partition coefficient (Wildman–Crippen LogP) is 4.16. The maximum Gasteiger partial charge on any atom is 0.252 e. The zero-order valence-electron chi connectivity index (χ0n) is 11.1. The Balaban J connectivity index is 2.03. The van der Waals surface area contributed by atoms with E-state index < -0.39 is 0 Å². The Morgan fingerprint density at radius 1 is 1.18 bits per heavy atom. The Bertz CT molecular complexity index is 1080. The summed E-state index contributed by atoms with van der Waals surface area (Å²) in [6, 6.07) is 12.4. The summed E-state index contributed by atoms with van der Waals surface area (Å²) in [6.45, 7) is 0. The van der Waals surface area contributed by atoms with Gasteiger partial charge in [-0.2, -0.15) is 0 Å². The van der Waals surface area contributed by atoms with Crippen LogP contribution in [-0.2, 0) is 0 Å². The molecule has 4 nitrogen and oxygen atoms in total. The lowest BCUT2D eigenvalue weighted by Crippen LogP contribution is -2.01. The quantitative estimate of drug-likeness (QED) is 0.551. The fourth-order valence-corrected chi connectivity index (χ4v) is 3.73. The first kappa shape index (κ1) is 13.3.